The molecule has 0 saturated carbocycles. The largest absolute Gasteiger partial charge is 0.494 e. The van der Waals surface area contributed by atoms with Crippen molar-refractivity contribution in [2.24, 2.45) is 0 Å². The third-order valence-electron chi connectivity index (χ3n) is 3.82. The minimum absolute atomic E-state index is 0.191. The first-order valence-electron chi connectivity index (χ1n) is 8.09. The maximum Gasteiger partial charge on any atom is 0.258 e. The predicted molar refractivity (Wildman–Crippen MR) is 95.6 cm³/mol. The number of aryl methyl sites for hydroxylation is 1. The van der Waals surface area contributed by atoms with E-state index in [1.807, 2.05) is 20.8 Å². The van der Waals surface area contributed by atoms with E-state index in [0.717, 1.165) is 0 Å². The van der Waals surface area contributed by atoms with E-state index in [9.17, 15) is 4.79 Å². The number of amides is 1. The molecule has 26 heavy (non-hydrogen) atoms. The van der Waals surface area contributed by atoms with Gasteiger partial charge in [-0.1, -0.05) is 0 Å². The molecule has 9 heteroatoms. The first kappa shape index (κ1) is 17.6. The van der Waals surface area contributed by atoms with Gasteiger partial charge in [-0.15, -0.1) is 5.10 Å². The van der Waals surface area contributed by atoms with Crippen LogP contribution in [0, 0.1) is 6.92 Å². The lowest BCUT2D eigenvalue weighted by Gasteiger charge is -2.18. The molecule has 2 heterocycles. The van der Waals surface area contributed by atoms with Crippen LogP contribution in [0.5, 0.6) is 5.75 Å². The number of anilines is 1. The molecule has 9 nitrogen and oxygen atoms in total. The summed E-state index contributed by atoms with van der Waals surface area (Å²) in [5.41, 5.74) is 1.53. The Morgan fingerprint density at radius 3 is 2.62 bits per heavy atom. The van der Waals surface area contributed by atoms with Gasteiger partial charge in [-0.25, -0.2) is 0 Å². The average Bonchev–Trinajstić information content (AvgIpc) is 3.23. The van der Waals surface area contributed by atoms with Crippen LogP contribution in [0.4, 0.5) is 5.69 Å². The van der Waals surface area contributed by atoms with Gasteiger partial charge in [0.25, 0.3) is 5.91 Å². The quantitative estimate of drug-likeness (QED) is 0.770. The van der Waals surface area contributed by atoms with Crippen molar-refractivity contribution in [1.82, 2.24) is 30.0 Å². The number of nitrogens with one attached hydrogen (secondary N) is 1. The molecular formula is C17H21N7O2. The zero-order valence-corrected chi connectivity index (χ0v) is 15.4. The van der Waals surface area contributed by atoms with Gasteiger partial charge in [0.05, 0.1) is 24.4 Å². The molecule has 1 N–H and O–H groups in total. The molecule has 2 aromatic heterocycles. The second-order valence-electron chi connectivity index (χ2n) is 6.82. The number of methoxy groups -OCH3 is 1. The highest BCUT2D eigenvalue weighted by Crippen LogP contribution is 2.26. The summed E-state index contributed by atoms with van der Waals surface area (Å²) in [6.45, 7) is 7.84. The van der Waals surface area contributed by atoms with Gasteiger partial charge in [-0.2, -0.15) is 9.78 Å². The van der Waals surface area contributed by atoms with Crippen molar-refractivity contribution in [2.75, 3.05) is 12.4 Å². The monoisotopic (exact) mass is 355 g/mol. The van der Waals surface area contributed by atoms with E-state index in [1.54, 1.807) is 54.0 Å². The Morgan fingerprint density at radius 2 is 2.04 bits per heavy atom. The summed E-state index contributed by atoms with van der Waals surface area (Å²) in [5.74, 6) is 0.960. The fourth-order valence-electron chi connectivity index (χ4n) is 2.40. The Bertz CT molecular complexity index is 937. The molecule has 0 fully saturated rings. The summed E-state index contributed by atoms with van der Waals surface area (Å²) in [4.78, 5) is 12.5. The van der Waals surface area contributed by atoms with Crippen molar-refractivity contribution in [3.8, 4) is 11.4 Å². The van der Waals surface area contributed by atoms with Gasteiger partial charge in [0, 0.05) is 11.9 Å². The molecule has 0 unspecified atom stereocenters. The van der Waals surface area contributed by atoms with Gasteiger partial charge in [-0.3, -0.25) is 9.48 Å². The molecule has 1 aromatic carbocycles. The summed E-state index contributed by atoms with van der Waals surface area (Å²) < 4.78 is 8.67. The smallest absolute Gasteiger partial charge is 0.258 e. The van der Waals surface area contributed by atoms with Crippen molar-refractivity contribution >= 4 is 11.6 Å². The fraction of sp³-hybridized carbons (Fsp3) is 0.353. The maximum atomic E-state index is 12.5. The van der Waals surface area contributed by atoms with E-state index >= 15 is 0 Å². The van der Waals surface area contributed by atoms with Crippen molar-refractivity contribution in [3.63, 3.8) is 0 Å². The topological polar surface area (TPSA) is 99.8 Å². The summed E-state index contributed by atoms with van der Waals surface area (Å²) in [7, 11) is 1.57. The van der Waals surface area contributed by atoms with Gasteiger partial charge < -0.3 is 10.1 Å². The van der Waals surface area contributed by atoms with Crippen LogP contribution in [0.25, 0.3) is 5.69 Å². The van der Waals surface area contributed by atoms with Crippen LogP contribution in [0.15, 0.2) is 30.6 Å². The molecule has 136 valence electrons. The highest BCUT2D eigenvalue weighted by atomic mass is 16.5. The summed E-state index contributed by atoms with van der Waals surface area (Å²) >= 11 is 0. The molecule has 0 spiro atoms. The second-order valence-corrected chi connectivity index (χ2v) is 6.82. The van der Waals surface area contributed by atoms with Crippen molar-refractivity contribution in [3.05, 3.63) is 42.0 Å². The Kier molecular flexibility index (Phi) is 4.45. The standard InChI is InChI=1S/C17H21N7O2/c1-11-20-21-22-24(11)14-8-13(6-7-15(14)26-5)19-16(25)12-9-18-23(10-12)17(2,3)4/h6-10H,1-5H3,(H,19,25). The van der Waals surface area contributed by atoms with Crippen molar-refractivity contribution < 1.29 is 9.53 Å². The molecule has 0 radical (unpaired) electrons. The molecule has 0 atom stereocenters. The van der Waals surface area contributed by atoms with Crippen LogP contribution >= 0.6 is 0 Å². The van der Waals surface area contributed by atoms with Crippen LogP contribution in [0.3, 0.4) is 0 Å². The number of nitrogens with zero attached hydrogens (tertiary/aromatic N) is 6. The fourth-order valence-corrected chi connectivity index (χ4v) is 2.40. The van der Waals surface area contributed by atoms with Crippen LogP contribution in [-0.2, 0) is 5.54 Å². The van der Waals surface area contributed by atoms with Crippen molar-refractivity contribution in [1.29, 1.82) is 0 Å². The molecule has 0 bridgehead atoms. The third kappa shape index (κ3) is 3.41. The highest BCUT2D eigenvalue weighted by molar-refractivity contribution is 6.04. The van der Waals surface area contributed by atoms with Gasteiger partial charge in [0.2, 0.25) is 0 Å². The molecule has 0 saturated heterocycles. The Morgan fingerprint density at radius 1 is 1.27 bits per heavy atom. The van der Waals surface area contributed by atoms with Gasteiger partial charge in [0.1, 0.15) is 11.4 Å². The Balaban J connectivity index is 1.87. The zero-order chi connectivity index (χ0) is 18.9. The van der Waals surface area contributed by atoms with Crippen LogP contribution in [0.2, 0.25) is 0 Å². The van der Waals surface area contributed by atoms with Crippen LogP contribution in [-0.4, -0.2) is 43.0 Å². The number of carbonyl (C=O) groups excluding carboxylic acids is 1. The lowest BCUT2D eigenvalue weighted by atomic mass is 10.1. The second kappa shape index (κ2) is 6.58. The lowest BCUT2D eigenvalue weighted by molar-refractivity contribution is 0.102. The van der Waals surface area contributed by atoms with Crippen LogP contribution in [0.1, 0.15) is 37.0 Å². The first-order chi connectivity index (χ1) is 12.3. The molecule has 1 amide bonds. The van der Waals surface area contributed by atoms with Gasteiger partial charge in [0.15, 0.2) is 5.82 Å². The van der Waals surface area contributed by atoms with E-state index in [1.165, 1.54) is 0 Å². The number of carbonyl (C=O) groups is 1. The highest BCUT2D eigenvalue weighted by Gasteiger charge is 2.18. The van der Waals surface area contributed by atoms with E-state index in [0.29, 0.717) is 28.5 Å². The minimum Gasteiger partial charge on any atom is -0.494 e. The maximum absolute atomic E-state index is 12.5. The lowest BCUT2D eigenvalue weighted by Crippen LogP contribution is -2.22. The molecular weight excluding hydrogens is 334 g/mol. The SMILES string of the molecule is COc1ccc(NC(=O)c2cnn(C(C)(C)C)c2)cc1-n1nnnc1C. The number of tetrazole rings is 1. The zero-order valence-electron chi connectivity index (χ0n) is 15.4. The summed E-state index contributed by atoms with van der Waals surface area (Å²) in [6.07, 6.45) is 3.28. The summed E-state index contributed by atoms with van der Waals surface area (Å²) in [5, 5.41) is 18.6. The van der Waals surface area contributed by atoms with E-state index in [4.69, 9.17) is 4.74 Å². The third-order valence-corrected chi connectivity index (χ3v) is 3.82. The number of hydrogen-bond acceptors (Lipinski definition) is 6. The van der Waals surface area contributed by atoms with Crippen molar-refractivity contribution in [2.45, 2.75) is 33.2 Å². The Hall–Kier alpha value is -3.23. The predicted octanol–water partition coefficient (Wildman–Crippen LogP) is 2.18. The van der Waals surface area contributed by atoms with Gasteiger partial charge in [-0.05, 0) is 56.3 Å². The van der Waals surface area contributed by atoms with E-state index in [2.05, 4.69) is 25.9 Å². The minimum atomic E-state index is -0.245. The summed E-state index contributed by atoms with van der Waals surface area (Å²) in [6, 6.07) is 5.27. The molecule has 3 aromatic rings. The van der Waals surface area contributed by atoms with E-state index < -0.39 is 0 Å². The number of hydrogen-bond donors (Lipinski definition) is 1. The average molecular weight is 355 g/mol. The number of rotatable bonds is 4. The number of benzene rings is 1. The molecule has 0 aliphatic rings. The Labute approximate surface area is 151 Å². The van der Waals surface area contributed by atoms with E-state index in [-0.39, 0.29) is 11.4 Å². The number of aromatic nitrogens is 6. The first-order valence-corrected chi connectivity index (χ1v) is 8.09. The molecule has 0 aliphatic carbocycles. The molecule has 0 aliphatic heterocycles. The molecule has 3 rings (SSSR count). The van der Waals surface area contributed by atoms with Crippen LogP contribution < -0.4 is 10.1 Å². The van der Waals surface area contributed by atoms with Gasteiger partial charge >= 0.3 is 0 Å². The number of ether oxygens (including phenoxy) is 1. The normalized spacial score (nSPS) is 11.4.